The van der Waals surface area contributed by atoms with Gasteiger partial charge in [-0.3, -0.25) is 14.4 Å². The summed E-state index contributed by atoms with van der Waals surface area (Å²) in [7, 11) is 0. The molecule has 0 spiro atoms. The second kappa shape index (κ2) is 5.88. The molecule has 4 saturated carbocycles. The number of Topliss-reactive ketones (excluding diaryl/α,β-unsaturated/α-hetero) is 2. The largest absolute Gasteiger partial charge is 0.454 e. The van der Waals surface area contributed by atoms with E-state index in [1.54, 1.807) is 0 Å². The van der Waals surface area contributed by atoms with Crippen LogP contribution < -0.4 is 0 Å². The summed E-state index contributed by atoms with van der Waals surface area (Å²) in [5.74, 6) is 0.638. The Hall–Kier alpha value is -1.23. The van der Waals surface area contributed by atoms with Crippen molar-refractivity contribution in [2.45, 2.75) is 77.9 Å². The number of esters is 1. The molecule has 144 valence electrons. The van der Waals surface area contributed by atoms with Gasteiger partial charge in [0.2, 0.25) is 0 Å². The molecular weight excluding hydrogens is 332 g/mol. The molecule has 0 aromatic rings. The Morgan fingerprint density at radius 1 is 1.12 bits per heavy atom. The van der Waals surface area contributed by atoms with E-state index in [9.17, 15) is 19.5 Å². The average Bonchev–Trinajstić information content (AvgIpc) is 2.80. The van der Waals surface area contributed by atoms with Crippen molar-refractivity contribution in [2.24, 2.45) is 34.5 Å². The molecule has 0 heterocycles. The molecule has 5 nitrogen and oxygen atoms in total. The van der Waals surface area contributed by atoms with E-state index in [0.717, 1.165) is 19.3 Å². The smallest absolute Gasteiger partial charge is 0.303 e. The first-order valence-electron chi connectivity index (χ1n) is 10.1. The van der Waals surface area contributed by atoms with Gasteiger partial charge in [0, 0.05) is 31.6 Å². The van der Waals surface area contributed by atoms with E-state index in [4.69, 9.17) is 4.74 Å². The summed E-state index contributed by atoms with van der Waals surface area (Å²) in [6.45, 7) is 5.73. The number of fused-ring (bicyclic) bond motifs is 5. The van der Waals surface area contributed by atoms with Crippen LogP contribution in [0.3, 0.4) is 0 Å². The maximum Gasteiger partial charge on any atom is 0.303 e. The molecule has 5 heteroatoms. The van der Waals surface area contributed by atoms with Crippen molar-refractivity contribution < 1.29 is 24.2 Å². The van der Waals surface area contributed by atoms with Crippen molar-refractivity contribution in [1.29, 1.82) is 0 Å². The van der Waals surface area contributed by atoms with Gasteiger partial charge < -0.3 is 9.84 Å². The summed E-state index contributed by atoms with van der Waals surface area (Å²) in [4.78, 5) is 36.2. The van der Waals surface area contributed by atoms with E-state index < -0.39 is 18.2 Å². The second-order valence-electron chi connectivity index (χ2n) is 9.74. The van der Waals surface area contributed by atoms with Gasteiger partial charge in [0.25, 0.3) is 0 Å². The summed E-state index contributed by atoms with van der Waals surface area (Å²) < 4.78 is 5.44. The quantitative estimate of drug-likeness (QED) is 0.726. The highest BCUT2D eigenvalue weighted by Gasteiger charge is 2.65. The van der Waals surface area contributed by atoms with Crippen molar-refractivity contribution in [3.05, 3.63) is 0 Å². The van der Waals surface area contributed by atoms with E-state index in [1.807, 2.05) is 0 Å². The fourth-order valence-electron chi connectivity index (χ4n) is 7.13. The van der Waals surface area contributed by atoms with E-state index in [-0.39, 0.29) is 34.4 Å². The van der Waals surface area contributed by atoms with Crippen LogP contribution in [-0.2, 0) is 19.1 Å². The summed E-state index contributed by atoms with van der Waals surface area (Å²) in [5.41, 5.74) is -0.305. The Bertz CT molecular complexity index is 657. The molecule has 8 atom stereocenters. The lowest BCUT2D eigenvalue weighted by molar-refractivity contribution is -0.180. The van der Waals surface area contributed by atoms with Gasteiger partial charge in [-0.2, -0.15) is 0 Å². The van der Waals surface area contributed by atoms with Crippen LogP contribution in [0.1, 0.15) is 65.7 Å². The monoisotopic (exact) mass is 362 g/mol. The fraction of sp³-hybridized carbons (Fsp3) is 0.857. The first kappa shape index (κ1) is 18.1. The lowest BCUT2D eigenvalue weighted by atomic mass is 9.44. The van der Waals surface area contributed by atoms with Crippen molar-refractivity contribution in [3.8, 4) is 0 Å². The molecule has 0 aromatic heterocycles. The molecule has 1 N–H and O–H groups in total. The van der Waals surface area contributed by atoms with Crippen LogP contribution in [0.2, 0.25) is 0 Å². The third-order valence-corrected chi connectivity index (χ3v) is 8.53. The van der Waals surface area contributed by atoms with Gasteiger partial charge in [-0.25, -0.2) is 0 Å². The van der Waals surface area contributed by atoms with Crippen LogP contribution in [0.4, 0.5) is 0 Å². The van der Waals surface area contributed by atoms with Gasteiger partial charge in [-0.05, 0) is 54.8 Å². The summed E-state index contributed by atoms with van der Waals surface area (Å²) >= 11 is 0. The third kappa shape index (κ3) is 2.42. The number of aliphatic hydroxyl groups excluding tert-OH is 1. The maximum atomic E-state index is 12.7. The van der Waals surface area contributed by atoms with E-state index in [1.165, 1.54) is 6.92 Å². The number of carbonyl (C=O) groups is 3. The van der Waals surface area contributed by atoms with E-state index in [2.05, 4.69) is 13.8 Å². The van der Waals surface area contributed by atoms with Gasteiger partial charge in [0.05, 0.1) is 6.10 Å². The Labute approximate surface area is 154 Å². The standard InChI is InChI=1S/C21H30O5/c1-11(22)26-19-17(25)10-15-18-14(5-7-21(15,19)3)20(2)6-4-13(23)8-12(20)9-16(18)24/h12,14-16,18-19,24H,4-10H2,1-3H3/t12-,14?,15?,16+,18?,19?,20+,21+/m1/s1. The minimum atomic E-state index is -0.670. The zero-order chi connectivity index (χ0) is 18.9. The van der Waals surface area contributed by atoms with Gasteiger partial charge in [-0.15, -0.1) is 0 Å². The van der Waals surface area contributed by atoms with Crippen molar-refractivity contribution in [1.82, 2.24) is 0 Å². The van der Waals surface area contributed by atoms with Gasteiger partial charge >= 0.3 is 5.97 Å². The van der Waals surface area contributed by atoms with Crippen LogP contribution in [0, 0.1) is 34.5 Å². The van der Waals surface area contributed by atoms with Crippen molar-refractivity contribution in [2.75, 3.05) is 0 Å². The van der Waals surface area contributed by atoms with Gasteiger partial charge in [0.15, 0.2) is 11.9 Å². The first-order valence-corrected chi connectivity index (χ1v) is 10.1. The molecule has 0 amide bonds. The number of rotatable bonds is 1. The summed E-state index contributed by atoms with van der Waals surface area (Å²) in [6.07, 6.45) is 3.81. The fourth-order valence-corrected chi connectivity index (χ4v) is 7.13. The number of hydrogen-bond donors (Lipinski definition) is 1. The van der Waals surface area contributed by atoms with Crippen LogP contribution in [0.5, 0.6) is 0 Å². The molecule has 4 fully saturated rings. The third-order valence-electron chi connectivity index (χ3n) is 8.53. The number of carbonyl (C=O) groups excluding carboxylic acids is 3. The lowest BCUT2D eigenvalue weighted by Crippen LogP contribution is -2.58. The molecule has 4 rings (SSSR count). The van der Waals surface area contributed by atoms with Gasteiger partial charge in [0.1, 0.15) is 5.78 Å². The van der Waals surface area contributed by atoms with Crippen LogP contribution >= 0.6 is 0 Å². The molecule has 0 aromatic carbocycles. The van der Waals surface area contributed by atoms with Crippen LogP contribution in [-0.4, -0.2) is 34.9 Å². The molecule has 0 aliphatic heterocycles. The number of hydrogen-bond acceptors (Lipinski definition) is 5. The summed E-state index contributed by atoms with van der Waals surface area (Å²) in [6, 6.07) is 0. The Morgan fingerprint density at radius 3 is 2.54 bits per heavy atom. The molecule has 0 radical (unpaired) electrons. The minimum absolute atomic E-state index is 0.00616. The Kier molecular flexibility index (Phi) is 4.11. The summed E-state index contributed by atoms with van der Waals surface area (Å²) in [5, 5.41) is 11.0. The number of ketones is 2. The molecule has 4 aliphatic rings. The number of aliphatic hydroxyl groups is 1. The molecular formula is C21H30O5. The minimum Gasteiger partial charge on any atom is -0.454 e. The molecule has 4 unspecified atom stereocenters. The normalized spacial score (nSPS) is 50.6. The zero-order valence-electron chi connectivity index (χ0n) is 16.0. The predicted octanol–water partition coefficient (Wildman–Crippen LogP) is 2.68. The second-order valence-corrected chi connectivity index (χ2v) is 9.74. The lowest BCUT2D eigenvalue weighted by Gasteiger charge is -2.61. The maximum absolute atomic E-state index is 12.7. The van der Waals surface area contributed by atoms with Crippen molar-refractivity contribution >= 4 is 17.5 Å². The Balaban J connectivity index is 1.67. The highest BCUT2D eigenvalue weighted by Crippen LogP contribution is 2.65. The molecule has 4 aliphatic carbocycles. The van der Waals surface area contributed by atoms with Crippen LogP contribution in [0.15, 0.2) is 0 Å². The molecule has 0 bridgehead atoms. The highest BCUT2D eigenvalue weighted by atomic mass is 16.5. The zero-order valence-corrected chi connectivity index (χ0v) is 16.0. The van der Waals surface area contributed by atoms with Crippen molar-refractivity contribution in [3.63, 3.8) is 0 Å². The van der Waals surface area contributed by atoms with Gasteiger partial charge in [-0.1, -0.05) is 13.8 Å². The van der Waals surface area contributed by atoms with E-state index >= 15 is 0 Å². The average molecular weight is 362 g/mol. The number of ether oxygens (including phenoxy) is 1. The molecule has 26 heavy (non-hydrogen) atoms. The first-order chi connectivity index (χ1) is 12.2. The highest BCUT2D eigenvalue weighted by molar-refractivity contribution is 5.89. The SMILES string of the molecule is CC(=O)OC1C(=O)CC2C3C(CC[C@]12C)[C@@]1(C)CCC(=O)C[C@@H]1C[C@@H]3O. The topological polar surface area (TPSA) is 80.7 Å². The predicted molar refractivity (Wildman–Crippen MR) is 94.1 cm³/mol. The molecule has 0 saturated heterocycles. The van der Waals surface area contributed by atoms with Crippen LogP contribution in [0.25, 0.3) is 0 Å². The Morgan fingerprint density at radius 2 is 1.85 bits per heavy atom. The van der Waals surface area contributed by atoms with E-state index in [0.29, 0.717) is 37.4 Å².